The molecule has 0 atom stereocenters. The predicted octanol–water partition coefficient (Wildman–Crippen LogP) is 3.80. The molecule has 0 heterocycles. The quantitative estimate of drug-likeness (QED) is 0.202. The average molecular weight is 591 g/mol. The maximum absolute atomic E-state index is 3.49. The average Bonchev–Trinajstić information content (AvgIpc) is 3.51. The Bertz CT molecular complexity index is 1230. The van der Waals surface area contributed by atoms with Crippen molar-refractivity contribution in [3.8, 4) is 0 Å². The van der Waals surface area contributed by atoms with Crippen LogP contribution in [0.3, 0.4) is 0 Å². The van der Waals surface area contributed by atoms with Crippen LogP contribution in [0.15, 0.2) is 140 Å². The Kier molecular flexibility index (Phi) is 20.6. The van der Waals surface area contributed by atoms with Gasteiger partial charge in [0.2, 0.25) is 0 Å². The van der Waals surface area contributed by atoms with Crippen LogP contribution in [0.25, 0.3) is 32.3 Å². The summed E-state index contributed by atoms with van der Waals surface area (Å²) in [5, 5.41) is 8.05. The summed E-state index contributed by atoms with van der Waals surface area (Å²) in [6.45, 7) is 6.90. The van der Waals surface area contributed by atoms with Gasteiger partial charge in [0, 0.05) is 0 Å². The van der Waals surface area contributed by atoms with Gasteiger partial charge >= 0.3 is 26.2 Å². The molecule has 0 spiro atoms. The van der Waals surface area contributed by atoms with E-state index in [0.29, 0.717) is 0 Å². The number of rotatable bonds is 1. The maximum atomic E-state index is 3.49. The molecule has 3 heteroatoms. The number of hydrogen-bond acceptors (Lipinski definition) is 0. The summed E-state index contributed by atoms with van der Waals surface area (Å²) in [6.07, 6.45) is 2.60. The number of allylic oxidation sites excluding steroid dienone is 1. The Labute approximate surface area is 248 Å². The third-order valence-electron chi connectivity index (χ3n) is 4.88. The molecule has 0 aliphatic rings. The van der Waals surface area contributed by atoms with Gasteiger partial charge in [-0.25, -0.2) is 0 Å². The molecule has 186 valence electrons. The molecule has 6 aromatic carbocycles. The Balaban J connectivity index is 0. The van der Waals surface area contributed by atoms with Crippen molar-refractivity contribution in [3.05, 3.63) is 153 Å². The van der Waals surface area contributed by atoms with Crippen LogP contribution in [-0.2, 0) is 26.2 Å². The summed E-state index contributed by atoms with van der Waals surface area (Å²) in [6, 6.07) is 46.4. The van der Waals surface area contributed by atoms with Crippen LogP contribution in [0, 0.1) is 13.0 Å². The van der Waals surface area contributed by atoms with E-state index in [0.717, 1.165) is 6.42 Å². The second-order valence-electron chi connectivity index (χ2n) is 7.13. The van der Waals surface area contributed by atoms with Gasteiger partial charge in [-0.05, 0) is 0 Å². The van der Waals surface area contributed by atoms with Gasteiger partial charge in [-0.3, -0.25) is 0 Å². The van der Waals surface area contributed by atoms with E-state index in [9.17, 15) is 0 Å². The van der Waals surface area contributed by atoms with E-state index in [4.69, 9.17) is 0 Å². The van der Waals surface area contributed by atoms with E-state index >= 15 is 0 Å². The number of hydrogen-bond donors (Lipinski definition) is 0. The fourth-order valence-electron chi connectivity index (χ4n) is 3.32. The predicted molar refractivity (Wildman–Crippen MR) is 149 cm³/mol. The van der Waals surface area contributed by atoms with Crippen molar-refractivity contribution in [2.24, 2.45) is 0 Å². The third kappa shape index (κ3) is 11.1. The maximum Gasteiger partial charge on any atom is 2.00 e. The summed E-state index contributed by atoms with van der Waals surface area (Å²) in [5.41, 5.74) is 0. The molecular formula is C33H32Cl2Zr-4. The fraction of sp³-hybridized carbons (Fsp3) is 0.0606. The minimum absolute atomic E-state index is 0. The molecule has 0 amide bonds. The molecule has 0 radical (unpaired) electrons. The zero-order chi connectivity index (χ0) is 22.4. The second kappa shape index (κ2) is 20.7. The van der Waals surface area contributed by atoms with Crippen molar-refractivity contribution < 1.29 is 51.0 Å². The van der Waals surface area contributed by atoms with Crippen molar-refractivity contribution in [2.75, 3.05) is 0 Å². The van der Waals surface area contributed by atoms with Crippen LogP contribution in [0.2, 0.25) is 0 Å². The van der Waals surface area contributed by atoms with Crippen LogP contribution >= 0.6 is 0 Å². The molecule has 0 unspecified atom stereocenters. The topological polar surface area (TPSA) is 0 Å². The number of fused-ring (bicyclic) bond motifs is 4. The molecule has 0 aliphatic carbocycles. The van der Waals surface area contributed by atoms with Crippen LogP contribution in [0.4, 0.5) is 0 Å². The monoisotopic (exact) mass is 588 g/mol. The van der Waals surface area contributed by atoms with Crippen molar-refractivity contribution in [3.63, 3.8) is 0 Å². The smallest absolute Gasteiger partial charge is 1.00 e. The van der Waals surface area contributed by atoms with Crippen molar-refractivity contribution >= 4 is 32.3 Å². The van der Waals surface area contributed by atoms with E-state index in [2.05, 4.69) is 117 Å². The van der Waals surface area contributed by atoms with E-state index < -0.39 is 0 Å². The summed E-state index contributed by atoms with van der Waals surface area (Å²) in [4.78, 5) is 0. The second-order valence-corrected chi connectivity index (χ2v) is 7.13. The Morgan fingerprint density at radius 2 is 1.17 bits per heavy atom. The van der Waals surface area contributed by atoms with Crippen LogP contribution in [0.1, 0.15) is 13.8 Å². The third-order valence-corrected chi connectivity index (χ3v) is 4.88. The molecule has 0 bridgehead atoms. The minimum atomic E-state index is 0. The van der Waals surface area contributed by atoms with E-state index in [1.807, 2.05) is 30.3 Å². The van der Waals surface area contributed by atoms with Gasteiger partial charge in [-0.15, -0.1) is 82.1 Å². The van der Waals surface area contributed by atoms with Crippen molar-refractivity contribution in [1.82, 2.24) is 0 Å². The van der Waals surface area contributed by atoms with Crippen molar-refractivity contribution in [2.45, 2.75) is 13.8 Å². The SMILES string of the molecule is C.C=CC[CH2-].[Cl-].[Cl-].[Zr+2].[c-]1ccccc1.c1ccc2[cH-]ccc2c1.c1ccc2c(c1)[cH-]c1ccccc12. The first-order chi connectivity index (χ1) is 15.8. The summed E-state index contributed by atoms with van der Waals surface area (Å²) >= 11 is 0. The van der Waals surface area contributed by atoms with Crippen molar-refractivity contribution in [1.29, 1.82) is 0 Å². The molecule has 0 fully saturated rings. The van der Waals surface area contributed by atoms with Crippen LogP contribution in [0.5, 0.6) is 0 Å². The summed E-state index contributed by atoms with van der Waals surface area (Å²) in [7, 11) is 0. The van der Waals surface area contributed by atoms with E-state index in [1.165, 1.54) is 32.3 Å². The molecular weight excluding hydrogens is 558 g/mol. The first kappa shape index (κ1) is 35.7. The number of halogens is 2. The van der Waals surface area contributed by atoms with Crippen LogP contribution < -0.4 is 24.8 Å². The molecule has 6 aromatic rings. The van der Waals surface area contributed by atoms with E-state index in [1.54, 1.807) is 6.08 Å². The normalized spacial score (nSPS) is 8.58. The first-order valence-electron chi connectivity index (χ1n) is 10.8. The zero-order valence-electron chi connectivity index (χ0n) is 19.6. The largest absolute Gasteiger partial charge is 2.00 e. The standard InChI is InChI=1S/C13H9.C9H7.C6H5.C4H7.CH4.2ClH.Zr/c1-3-7-12-10(5-1)9-11-6-2-4-8-13(11)12;1-2-5-9-7-3-6-8(9)4-1;1-2-4-6-5-3-1;1-3-4-2;;;;/h1-9H;1-7H;1-5H;3H,1-2,4H2;1H4;2*1H;/q4*-1;;;;+2/p-2. The molecule has 6 rings (SSSR count). The van der Waals surface area contributed by atoms with Crippen LogP contribution in [-0.4, -0.2) is 0 Å². The minimum Gasteiger partial charge on any atom is -1.00 e. The fourth-order valence-corrected chi connectivity index (χ4v) is 3.32. The van der Waals surface area contributed by atoms with Gasteiger partial charge in [0.05, 0.1) is 0 Å². The molecule has 0 aromatic heterocycles. The Morgan fingerprint density at radius 3 is 1.58 bits per heavy atom. The van der Waals surface area contributed by atoms with Gasteiger partial charge in [0.15, 0.2) is 0 Å². The molecule has 36 heavy (non-hydrogen) atoms. The number of benzene rings is 4. The molecule has 0 saturated heterocycles. The van der Waals surface area contributed by atoms with E-state index in [-0.39, 0.29) is 58.4 Å². The summed E-state index contributed by atoms with van der Waals surface area (Å²) in [5.74, 6) is 0. The summed E-state index contributed by atoms with van der Waals surface area (Å²) < 4.78 is 0. The van der Waals surface area contributed by atoms with Gasteiger partial charge in [0.1, 0.15) is 0 Å². The van der Waals surface area contributed by atoms with Gasteiger partial charge in [0.25, 0.3) is 0 Å². The molecule has 0 aliphatic heterocycles. The zero-order valence-corrected chi connectivity index (χ0v) is 23.5. The molecule has 0 saturated carbocycles. The molecule has 0 nitrogen and oxygen atoms in total. The van der Waals surface area contributed by atoms with Gasteiger partial charge in [-0.1, -0.05) is 49.9 Å². The van der Waals surface area contributed by atoms with Gasteiger partial charge < -0.3 is 31.7 Å². The Hall–Kier alpha value is -2.44. The van der Waals surface area contributed by atoms with Gasteiger partial charge in [-0.2, -0.15) is 60.3 Å². The first-order valence-corrected chi connectivity index (χ1v) is 10.8. The Morgan fingerprint density at radius 1 is 0.694 bits per heavy atom. The molecule has 0 N–H and O–H groups in total.